The minimum absolute atomic E-state index is 0.127. The molecule has 0 fully saturated rings. The quantitative estimate of drug-likeness (QED) is 0.0226. The lowest BCUT2D eigenvalue weighted by Gasteiger charge is -2.15. The number of hydrogen-bond acceptors (Lipinski definition) is 16. The number of methoxy groups -OCH3 is 8. The highest BCUT2D eigenvalue weighted by atomic mass is 16.6. The standard InChI is InChI=1S/C46H58N4O14/c1-55-35-21-29(17-19-33(35)63-45(53)31-23-37(57-3)43(61-7)38(24-31)58-4)27-47-49-41(51)15-13-11-9-10-12-14-16-42(52)50-48-28-30-18-20-34(36(22-30)56-2)64-46(54)32-25-39(59-5)44(62-8)40(26-32)60-6/h17-26,47-48H,9-16,27-28H2,1-8H3,(H,49,51)(H,50,52). The molecule has 4 aromatic rings. The Balaban J connectivity index is 1.07. The van der Waals surface area contributed by atoms with Crippen molar-refractivity contribution in [2.75, 3.05) is 56.9 Å². The topological polar surface area (TPSA) is 209 Å². The van der Waals surface area contributed by atoms with Crippen LogP contribution in [0.4, 0.5) is 0 Å². The number of ether oxygens (including phenoxy) is 10. The third-order valence-electron chi connectivity index (χ3n) is 9.76. The van der Waals surface area contributed by atoms with Gasteiger partial charge in [-0.2, -0.15) is 0 Å². The highest BCUT2D eigenvalue weighted by Gasteiger charge is 2.22. The number of hydrazine groups is 2. The van der Waals surface area contributed by atoms with E-state index in [0.717, 1.165) is 49.7 Å². The molecule has 0 atom stereocenters. The van der Waals surface area contributed by atoms with Gasteiger partial charge in [-0.3, -0.25) is 20.4 Å². The van der Waals surface area contributed by atoms with Crippen molar-refractivity contribution >= 4 is 23.8 Å². The molecule has 0 bridgehead atoms. The summed E-state index contributed by atoms with van der Waals surface area (Å²) in [5, 5.41) is 0. The van der Waals surface area contributed by atoms with E-state index in [9.17, 15) is 19.2 Å². The second-order valence-electron chi connectivity index (χ2n) is 14.0. The first-order valence-corrected chi connectivity index (χ1v) is 20.4. The molecule has 0 radical (unpaired) electrons. The largest absolute Gasteiger partial charge is 0.493 e. The first kappa shape index (κ1) is 49.7. The number of nitrogens with one attached hydrogen (secondary N) is 4. The van der Waals surface area contributed by atoms with Gasteiger partial charge in [0, 0.05) is 25.9 Å². The highest BCUT2D eigenvalue weighted by molar-refractivity contribution is 5.94. The fraction of sp³-hybridized carbons (Fsp3) is 0.391. The zero-order valence-electron chi connectivity index (χ0n) is 37.6. The van der Waals surface area contributed by atoms with E-state index < -0.39 is 11.9 Å². The molecule has 0 aliphatic heterocycles. The summed E-state index contributed by atoms with van der Waals surface area (Å²) in [6.07, 6.45) is 5.89. The highest BCUT2D eigenvalue weighted by Crippen LogP contribution is 2.40. The fourth-order valence-corrected chi connectivity index (χ4v) is 6.42. The predicted octanol–water partition coefficient (Wildman–Crippen LogP) is 6.26. The first-order chi connectivity index (χ1) is 31.0. The molecule has 0 aromatic heterocycles. The number of unbranched alkanes of at least 4 members (excludes halogenated alkanes) is 5. The third kappa shape index (κ3) is 14.3. The number of rotatable bonds is 27. The monoisotopic (exact) mass is 890 g/mol. The molecular formula is C46H58N4O14. The van der Waals surface area contributed by atoms with Gasteiger partial charge in [-0.15, -0.1) is 0 Å². The molecule has 4 N–H and O–H groups in total. The Morgan fingerprint density at radius 2 is 0.719 bits per heavy atom. The number of esters is 2. The summed E-state index contributed by atoms with van der Waals surface area (Å²) in [4.78, 5) is 50.8. The summed E-state index contributed by atoms with van der Waals surface area (Å²) in [6.45, 7) is 0.625. The zero-order valence-corrected chi connectivity index (χ0v) is 37.6. The lowest BCUT2D eigenvalue weighted by Crippen LogP contribution is -2.36. The first-order valence-electron chi connectivity index (χ1n) is 20.4. The second-order valence-corrected chi connectivity index (χ2v) is 14.0. The Morgan fingerprint density at radius 3 is 1.03 bits per heavy atom. The normalized spacial score (nSPS) is 10.6. The number of carbonyl (C=O) groups excluding carboxylic acids is 4. The Bertz CT molecular complexity index is 1990. The van der Waals surface area contributed by atoms with Gasteiger partial charge in [-0.1, -0.05) is 37.8 Å². The van der Waals surface area contributed by atoms with E-state index in [4.69, 9.17) is 47.4 Å². The van der Waals surface area contributed by atoms with Crippen molar-refractivity contribution < 1.29 is 66.5 Å². The number of carbonyl (C=O) groups is 4. The summed E-state index contributed by atoms with van der Waals surface area (Å²) in [6, 6.07) is 16.1. The van der Waals surface area contributed by atoms with Crippen LogP contribution in [0.25, 0.3) is 0 Å². The van der Waals surface area contributed by atoms with Crippen molar-refractivity contribution in [3.63, 3.8) is 0 Å². The van der Waals surface area contributed by atoms with Crippen LogP contribution in [0, 0.1) is 0 Å². The molecule has 64 heavy (non-hydrogen) atoms. The Kier molecular flexibility index (Phi) is 20.1. The van der Waals surface area contributed by atoms with Crippen LogP contribution in [0.2, 0.25) is 0 Å². The summed E-state index contributed by atoms with van der Waals surface area (Å²) in [5.74, 6) is 1.52. The van der Waals surface area contributed by atoms with E-state index in [-0.39, 0.29) is 34.4 Å². The van der Waals surface area contributed by atoms with Crippen molar-refractivity contribution in [3.8, 4) is 57.5 Å². The van der Waals surface area contributed by atoms with Crippen molar-refractivity contribution in [2.24, 2.45) is 0 Å². The maximum atomic E-state index is 13.0. The van der Waals surface area contributed by atoms with Gasteiger partial charge in [0.1, 0.15) is 0 Å². The van der Waals surface area contributed by atoms with Crippen molar-refractivity contribution in [1.82, 2.24) is 21.7 Å². The minimum atomic E-state index is -0.647. The van der Waals surface area contributed by atoms with Crippen LogP contribution in [0.3, 0.4) is 0 Å². The summed E-state index contributed by atoms with van der Waals surface area (Å²) >= 11 is 0. The minimum Gasteiger partial charge on any atom is -0.493 e. The van der Waals surface area contributed by atoms with Crippen LogP contribution >= 0.6 is 0 Å². The molecule has 18 nitrogen and oxygen atoms in total. The molecular weight excluding hydrogens is 833 g/mol. The molecule has 0 heterocycles. The molecule has 0 aliphatic carbocycles. The van der Waals surface area contributed by atoms with Crippen LogP contribution in [0.5, 0.6) is 57.5 Å². The Hall–Kier alpha value is -6.92. The van der Waals surface area contributed by atoms with Gasteiger partial charge < -0.3 is 47.4 Å². The van der Waals surface area contributed by atoms with Crippen LogP contribution in [0.15, 0.2) is 60.7 Å². The van der Waals surface area contributed by atoms with Gasteiger partial charge in [0.05, 0.1) is 68.0 Å². The molecule has 346 valence electrons. The van der Waals surface area contributed by atoms with E-state index in [1.165, 1.54) is 81.1 Å². The number of amides is 2. The van der Waals surface area contributed by atoms with Gasteiger partial charge in [-0.05, 0) is 72.5 Å². The van der Waals surface area contributed by atoms with Gasteiger partial charge in [-0.25, -0.2) is 20.4 Å². The van der Waals surface area contributed by atoms with E-state index >= 15 is 0 Å². The molecule has 0 saturated heterocycles. The lowest BCUT2D eigenvalue weighted by atomic mass is 10.1. The van der Waals surface area contributed by atoms with Crippen molar-refractivity contribution in [2.45, 2.75) is 64.5 Å². The molecule has 4 rings (SSSR count). The average molecular weight is 891 g/mol. The van der Waals surface area contributed by atoms with Crippen molar-refractivity contribution in [1.29, 1.82) is 0 Å². The molecule has 0 spiro atoms. The van der Waals surface area contributed by atoms with Crippen molar-refractivity contribution in [3.05, 3.63) is 82.9 Å². The van der Waals surface area contributed by atoms with Crippen LogP contribution in [-0.4, -0.2) is 80.6 Å². The summed E-state index contributed by atoms with van der Waals surface area (Å²) in [7, 11) is 11.7. The summed E-state index contributed by atoms with van der Waals surface area (Å²) < 4.78 is 54.1. The molecule has 4 aromatic carbocycles. The van der Waals surface area contributed by atoms with E-state index in [1.807, 2.05) is 0 Å². The number of hydrogen-bond donors (Lipinski definition) is 4. The molecule has 0 saturated carbocycles. The van der Waals surface area contributed by atoms with Gasteiger partial charge in [0.25, 0.3) is 0 Å². The maximum Gasteiger partial charge on any atom is 0.343 e. The van der Waals surface area contributed by atoms with E-state index in [2.05, 4.69) is 21.7 Å². The maximum absolute atomic E-state index is 13.0. The number of benzene rings is 4. The van der Waals surface area contributed by atoms with Crippen LogP contribution in [-0.2, 0) is 22.7 Å². The Labute approximate surface area is 373 Å². The second kappa shape index (κ2) is 25.9. The predicted molar refractivity (Wildman–Crippen MR) is 235 cm³/mol. The summed E-state index contributed by atoms with van der Waals surface area (Å²) in [5.41, 5.74) is 13.3. The SMILES string of the molecule is COc1cc(CNNC(=O)CCCCCCCCC(=O)NNCc2ccc(OC(=O)c3cc(OC)c(OC)c(OC)c3)c(OC)c2)ccc1OC(=O)c1cc(OC)c(OC)c(OC)c1. The van der Waals surface area contributed by atoms with Gasteiger partial charge in [0.2, 0.25) is 23.3 Å². The fourth-order valence-electron chi connectivity index (χ4n) is 6.42. The average Bonchev–Trinajstić information content (AvgIpc) is 3.31. The smallest absolute Gasteiger partial charge is 0.343 e. The molecule has 2 amide bonds. The molecule has 0 unspecified atom stereocenters. The molecule has 0 aliphatic rings. The van der Waals surface area contributed by atoms with E-state index in [0.29, 0.717) is 71.9 Å². The van der Waals surface area contributed by atoms with Gasteiger partial charge in [0.15, 0.2) is 46.0 Å². The van der Waals surface area contributed by atoms with E-state index in [1.54, 1.807) is 36.4 Å². The molecule has 18 heteroatoms. The van der Waals surface area contributed by atoms with Gasteiger partial charge >= 0.3 is 11.9 Å². The Morgan fingerprint density at radius 1 is 0.391 bits per heavy atom. The van der Waals surface area contributed by atoms with Crippen LogP contribution in [0.1, 0.15) is 83.2 Å². The lowest BCUT2D eigenvalue weighted by molar-refractivity contribution is -0.123. The third-order valence-corrected chi connectivity index (χ3v) is 9.76. The van der Waals surface area contributed by atoms with Crippen LogP contribution < -0.4 is 69.1 Å². The zero-order chi connectivity index (χ0) is 46.4.